The van der Waals surface area contributed by atoms with Crippen molar-refractivity contribution in [3.8, 4) is 0 Å². The largest absolute Gasteiger partial charge is 0.468 e. The summed E-state index contributed by atoms with van der Waals surface area (Å²) in [6.45, 7) is 5.25. The third-order valence-corrected chi connectivity index (χ3v) is 5.74. The zero-order valence-electron chi connectivity index (χ0n) is 17.8. The van der Waals surface area contributed by atoms with E-state index in [9.17, 15) is 0 Å². The zero-order chi connectivity index (χ0) is 20.1. The van der Waals surface area contributed by atoms with E-state index >= 15 is 0 Å². The quantitative estimate of drug-likeness (QED) is 0.312. The Morgan fingerprint density at radius 3 is 2.63 bits per heavy atom. The first-order valence-electron chi connectivity index (χ1n) is 10.7. The van der Waals surface area contributed by atoms with Crippen LogP contribution >= 0.6 is 24.0 Å². The summed E-state index contributed by atoms with van der Waals surface area (Å²) in [7, 11) is 2.11. The van der Waals surface area contributed by atoms with Crippen molar-refractivity contribution in [1.82, 2.24) is 15.5 Å². The maximum Gasteiger partial charge on any atom is 0.191 e. The summed E-state index contributed by atoms with van der Waals surface area (Å²) < 4.78 is 11.4. The van der Waals surface area contributed by atoms with Gasteiger partial charge in [0.1, 0.15) is 5.76 Å². The molecule has 0 spiro atoms. The molecule has 4 rings (SSSR count). The Labute approximate surface area is 196 Å². The third kappa shape index (κ3) is 5.98. The van der Waals surface area contributed by atoms with E-state index in [1.807, 2.05) is 12.1 Å². The zero-order valence-corrected chi connectivity index (χ0v) is 20.2. The second kappa shape index (κ2) is 11.2. The van der Waals surface area contributed by atoms with Crippen LogP contribution in [0.15, 0.2) is 52.1 Å². The van der Waals surface area contributed by atoms with Crippen LogP contribution in [0, 0.1) is 0 Å². The number of furan rings is 1. The van der Waals surface area contributed by atoms with Crippen molar-refractivity contribution in [3.05, 3.63) is 59.5 Å². The van der Waals surface area contributed by atoms with Crippen LogP contribution in [0.5, 0.6) is 0 Å². The van der Waals surface area contributed by atoms with Crippen LogP contribution in [-0.2, 0) is 24.4 Å². The molecule has 2 bridgehead atoms. The van der Waals surface area contributed by atoms with Gasteiger partial charge in [-0.25, -0.2) is 4.99 Å². The van der Waals surface area contributed by atoms with Crippen LogP contribution < -0.4 is 10.6 Å². The molecule has 30 heavy (non-hydrogen) atoms. The molecule has 3 heterocycles. The Morgan fingerprint density at radius 2 is 1.97 bits per heavy atom. The summed E-state index contributed by atoms with van der Waals surface area (Å²) in [5, 5.41) is 6.99. The number of ether oxygens (including phenoxy) is 1. The first-order chi connectivity index (χ1) is 14.2. The summed E-state index contributed by atoms with van der Waals surface area (Å²) in [6, 6.07) is 12.9. The van der Waals surface area contributed by atoms with Crippen molar-refractivity contribution in [2.24, 2.45) is 4.99 Å². The molecule has 0 aliphatic carbocycles. The number of benzene rings is 1. The SMILES string of the molecule is CCNC(=NCc1ccccc1CN(C)Cc1ccco1)NC1CC2CCC1O2.I. The highest BCUT2D eigenvalue weighted by molar-refractivity contribution is 14.0. The van der Waals surface area contributed by atoms with Crippen molar-refractivity contribution < 1.29 is 9.15 Å². The van der Waals surface area contributed by atoms with Crippen LogP contribution in [0.2, 0.25) is 0 Å². The molecular weight excluding hydrogens is 491 g/mol. The van der Waals surface area contributed by atoms with Gasteiger partial charge in [-0.1, -0.05) is 24.3 Å². The molecular formula is C23H33IN4O2. The number of rotatable bonds is 8. The van der Waals surface area contributed by atoms with Gasteiger partial charge in [-0.2, -0.15) is 0 Å². The second-order valence-electron chi connectivity index (χ2n) is 8.08. The number of nitrogens with one attached hydrogen (secondary N) is 2. The van der Waals surface area contributed by atoms with Gasteiger partial charge in [-0.05, 0) is 56.5 Å². The minimum absolute atomic E-state index is 0. The molecule has 7 heteroatoms. The number of aliphatic imine (C=N–C) groups is 1. The fourth-order valence-electron chi connectivity index (χ4n) is 4.33. The van der Waals surface area contributed by atoms with Crippen LogP contribution in [0.3, 0.4) is 0 Å². The number of halogens is 1. The van der Waals surface area contributed by atoms with Gasteiger partial charge in [0.15, 0.2) is 5.96 Å². The number of nitrogens with zero attached hydrogens (tertiary/aromatic N) is 2. The maximum atomic E-state index is 5.97. The highest BCUT2D eigenvalue weighted by Gasteiger charge is 2.41. The minimum Gasteiger partial charge on any atom is -0.468 e. The molecule has 6 nitrogen and oxygen atoms in total. The summed E-state index contributed by atoms with van der Waals surface area (Å²) in [5.74, 6) is 1.86. The van der Waals surface area contributed by atoms with Crippen LogP contribution in [-0.4, -0.2) is 42.7 Å². The van der Waals surface area contributed by atoms with Crippen molar-refractivity contribution >= 4 is 29.9 Å². The Hall–Kier alpha value is -1.58. The van der Waals surface area contributed by atoms with E-state index < -0.39 is 0 Å². The van der Waals surface area contributed by atoms with E-state index in [4.69, 9.17) is 14.1 Å². The van der Waals surface area contributed by atoms with E-state index in [1.165, 1.54) is 17.5 Å². The average Bonchev–Trinajstić information content (AvgIpc) is 3.46. The van der Waals surface area contributed by atoms with Gasteiger partial charge in [0.25, 0.3) is 0 Å². The van der Waals surface area contributed by atoms with E-state index in [1.54, 1.807) is 6.26 Å². The summed E-state index contributed by atoms with van der Waals surface area (Å²) >= 11 is 0. The van der Waals surface area contributed by atoms with Gasteiger partial charge in [0.05, 0.1) is 37.6 Å². The molecule has 0 saturated carbocycles. The Bertz CT molecular complexity index is 811. The predicted octanol–water partition coefficient (Wildman–Crippen LogP) is 3.90. The molecule has 3 unspecified atom stereocenters. The van der Waals surface area contributed by atoms with Gasteiger partial charge in [0.2, 0.25) is 0 Å². The van der Waals surface area contributed by atoms with E-state index in [0.29, 0.717) is 24.8 Å². The van der Waals surface area contributed by atoms with E-state index in [-0.39, 0.29) is 24.0 Å². The fourth-order valence-corrected chi connectivity index (χ4v) is 4.33. The lowest BCUT2D eigenvalue weighted by Crippen LogP contribution is -2.47. The first-order valence-corrected chi connectivity index (χ1v) is 10.7. The Balaban J connectivity index is 0.00000256. The van der Waals surface area contributed by atoms with Crippen molar-refractivity contribution in [1.29, 1.82) is 0 Å². The monoisotopic (exact) mass is 524 g/mol. The number of hydrogen-bond donors (Lipinski definition) is 2. The molecule has 0 amide bonds. The summed E-state index contributed by atoms with van der Waals surface area (Å²) in [6.07, 6.45) is 5.95. The number of guanidine groups is 1. The van der Waals surface area contributed by atoms with Gasteiger partial charge in [-0.3, -0.25) is 4.90 Å². The van der Waals surface area contributed by atoms with Gasteiger partial charge >= 0.3 is 0 Å². The highest BCUT2D eigenvalue weighted by Crippen LogP contribution is 2.34. The average molecular weight is 524 g/mol. The smallest absolute Gasteiger partial charge is 0.191 e. The molecule has 2 aliphatic rings. The summed E-state index contributed by atoms with van der Waals surface area (Å²) in [5.41, 5.74) is 2.55. The Morgan fingerprint density at radius 1 is 1.13 bits per heavy atom. The maximum absolute atomic E-state index is 5.97. The predicted molar refractivity (Wildman–Crippen MR) is 130 cm³/mol. The van der Waals surface area contributed by atoms with Crippen LogP contribution in [0.4, 0.5) is 0 Å². The molecule has 164 valence electrons. The summed E-state index contributed by atoms with van der Waals surface area (Å²) in [4.78, 5) is 7.14. The van der Waals surface area contributed by atoms with Gasteiger partial charge < -0.3 is 19.8 Å². The topological polar surface area (TPSA) is 62.0 Å². The molecule has 1 aromatic carbocycles. The molecule has 2 N–H and O–H groups in total. The third-order valence-electron chi connectivity index (χ3n) is 5.74. The van der Waals surface area contributed by atoms with E-state index in [0.717, 1.165) is 44.2 Å². The first kappa shape index (κ1) is 23.1. The van der Waals surface area contributed by atoms with Crippen molar-refractivity contribution in [2.75, 3.05) is 13.6 Å². The van der Waals surface area contributed by atoms with Crippen molar-refractivity contribution in [3.63, 3.8) is 0 Å². The minimum atomic E-state index is 0. The number of fused-ring (bicyclic) bond motifs is 2. The molecule has 2 fully saturated rings. The van der Waals surface area contributed by atoms with Crippen LogP contribution in [0.25, 0.3) is 0 Å². The molecule has 0 radical (unpaired) electrons. The molecule has 2 aromatic rings. The standard InChI is InChI=1S/C23H32N4O2.HI/c1-3-24-23(26-21-13-19-10-11-22(21)29-19)25-14-17-7-4-5-8-18(17)15-27(2)16-20-9-6-12-28-20;/h4-9,12,19,21-22H,3,10-11,13-16H2,1-2H3,(H2,24,25,26);1H. The fraction of sp³-hybridized carbons (Fsp3) is 0.522. The highest BCUT2D eigenvalue weighted by atomic mass is 127. The lowest BCUT2D eigenvalue weighted by atomic mass is 9.96. The van der Waals surface area contributed by atoms with Gasteiger partial charge in [-0.15, -0.1) is 24.0 Å². The van der Waals surface area contributed by atoms with E-state index in [2.05, 4.69) is 53.8 Å². The molecule has 3 atom stereocenters. The van der Waals surface area contributed by atoms with Crippen LogP contribution in [0.1, 0.15) is 43.1 Å². The number of hydrogen-bond acceptors (Lipinski definition) is 4. The van der Waals surface area contributed by atoms with Crippen molar-refractivity contribution in [2.45, 2.75) is 64.1 Å². The lowest BCUT2D eigenvalue weighted by molar-refractivity contribution is 0.0992. The second-order valence-corrected chi connectivity index (χ2v) is 8.08. The Kier molecular flexibility index (Phi) is 8.59. The van der Waals surface area contributed by atoms with Gasteiger partial charge in [0, 0.05) is 13.1 Å². The lowest BCUT2D eigenvalue weighted by Gasteiger charge is -2.23. The molecule has 2 aliphatic heterocycles. The molecule has 1 aromatic heterocycles. The molecule has 2 saturated heterocycles. The normalized spacial score (nSPS) is 22.9.